The molecule has 1 saturated heterocycles. The summed E-state index contributed by atoms with van der Waals surface area (Å²) >= 11 is 0. The van der Waals surface area contributed by atoms with Crippen molar-refractivity contribution in [3.05, 3.63) is 0 Å². The van der Waals surface area contributed by atoms with Gasteiger partial charge in [0.15, 0.2) is 6.29 Å². The van der Waals surface area contributed by atoms with Crippen LogP contribution in [0.25, 0.3) is 0 Å². The van der Waals surface area contributed by atoms with Crippen molar-refractivity contribution in [1.29, 1.82) is 0 Å². The lowest BCUT2D eigenvalue weighted by atomic mass is 9.99. The van der Waals surface area contributed by atoms with Gasteiger partial charge >= 0.3 is 10.4 Å². The number of aliphatic hydroxyl groups is 4. The van der Waals surface area contributed by atoms with E-state index in [9.17, 15) is 38.2 Å². The van der Waals surface area contributed by atoms with Gasteiger partial charge in [-0.25, -0.2) is 4.18 Å². The summed E-state index contributed by atoms with van der Waals surface area (Å²) in [5, 5.41) is 45.1. The molecular formula is C52H103NO11S. The van der Waals surface area contributed by atoms with Crippen LogP contribution in [-0.4, -0.2) is 95.4 Å². The van der Waals surface area contributed by atoms with Crippen molar-refractivity contribution in [3.63, 3.8) is 0 Å². The maximum absolute atomic E-state index is 13.1. The van der Waals surface area contributed by atoms with E-state index in [2.05, 4.69) is 23.3 Å². The summed E-state index contributed by atoms with van der Waals surface area (Å²) < 4.78 is 47.8. The van der Waals surface area contributed by atoms with Gasteiger partial charge in [-0.15, -0.1) is 0 Å². The summed E-state index contributed by atoms with van der Waals surface area (Å²) in [6, 6.07) is -0.852. The molecule has 0 aliphatic carbocycles. The maximum Gasteiger partial charge on any atom is 0.397 e. The zero-order valence-corrected chi connectivity index (χ0v) is 42.7. The number of rotatable bonds is 48. The fourth-order valence-corrected chi connectivity index (χ4v) is 9.68. The SMILES string of the molecule is CCCCCCCCCCCCCCCCCCCCCCCCC(O)C(COC1OC(CO)C(O)C(OS(=O)(=O)O)C1O)NC(=O)CCCCCCCCCCCCCCCCCC. The molecule has 0 aromatic heterocycles. The van der Waals surface area contributed by atoms with Gasteiger partial charge in [-0.2, -0.15) is 8.42 Å². The third kappa shape index (κ3) is 35.8. The van der Waals surface area contributed by atoms with Crippen LogP contribution in [0.3, 0.4) is 0 Å². The van der Waals surface area contributed by atoms with E-state index in [0.29, 0.717) is 12.8 Å². The number of hydrogen-bond donors (Lipinski definition) is 6. The van der Waals surface area contributed by atoms with Gasteiger partial charge in [0.25, 0.3) is 0 Å². The van der Waals surface area contributed by atoms with Crippen molar-refractivity contribution < 1.29 is 51.8 Å². The fourth-order valence-electron chi connectivity index (χ4n) is 9.17. The second kappa shape index (κ2) is 43.1. The molecule has 65 heavy (non-hydrogen) atoms. The van der Waals surface area contributed by atoms with Crippen molar-refractivity contribution in [2.75, 3.05) is 13.2 Å². The number of amides is 1. The predicted octanol–water partition coefficient (Wildman–Crippen LogP) is 12.1. The quantitative estimate of drug-likeness (QED) is 0.0251. The Kier molecular flexibility index (Phi) is 41.2. The Morgan fingerprint density at radius 2 is 0.892 bits per heavy atom. The number of nitrogens with one attached hydrogen (secondary N) is 1. The van der Waals surface area contributed by atoms with Crippen LogP contribution >= 0.6 is 0 Å². The molecule has 0 aromatic rings. The minimum Gasteiger partial charge on any atom is -0.394 e. The van der Waals surface area contributed by atoms with Gasteiger partial charge in [-0.05, 0) is 12.8 Å². The molecule has 0 radical (unpaired) electrons. The highest BCUT2D eigenvalue weighted by molar-refractivity contribution is 7.80. The van der Waals surface area contributed by atoms with Crippen LogP contribution in [0.4, 0.5) is 0 Å². The molecule has 1 fully saturated rings. The number of unbranched alkanes of at least 4 members (excludes halogenated alkanes) is 36. The topological polar surface area (TPSA) is 192 Å². The van der Waals surface area contributed by atoms with Crippen molar-refractivity contribution >= 4 is 16.3 Å². The van der Waals surface area contributed by atoms with Gasteiger partial charge < -0.3 is 35.2 Å². The molecule has 1 amide bonds. The molecule has 1 aliphatic rings. The zero-order chi connectivity index (χ0) is 47.6. The fraction of sp³-hybridized carbons (Fsp3) is 0.981. The molecule has 0 bridgehead atoms. The number of carbonyl (C=O) groups is 1. The summed E-state index contributed by atoms with van der Waals surface area (Å²) in [6.45, 7) is 3.49. The average Bonchev–Trinajstić information content (AvgIpc) is 3.28. The minimum absolute atomic E-state index is 0.224. The van der Waals surface area contributed by atoms with Gasteiger partial charge in [-0.3, -0.25) is 9.35 Å². The second-order valence-corrected chi connectivity index (χ2v) is 20.6. The normalized spacial score (nSPS) is 20.0. The Morgan fingerprint density at radius 3 is 1.23 bits per heavy atom. The van der Waals surface area contributed by atoms with E-state index in [1.165, 1.54) is 193 Å². The third-order valence-electron chi connectivity index (χ3n) is 13.4. The third-order valence-corrected chi connectivity index (χ3v) is 13.9. The zero-order valence-electron chi connectivity index (χ0n) is 41.8. The molecule has 1 heterocycles. The van der Waals surface area contributed by atoms with Gasteiger partial charge in [0.2, 0.25) is 5.91 Å². The lowest BCUT2D eigenvalue weighted by Gasteiger charge is -2.41. The second-order valence-electron chi connectivity index (χ2n) is 19.5. The Bertz CT molecular complexity index is 1160. The van der Waals surface area contributed by atoms with Crippen molar-refractivity contribution in [1.82, 2.24) is 5.32 Å². The molecule has 0 aromatic carbocycles. The summed E-state index contributed by atoms with van der Waals surface area (Å²) in [5.41, 5.74) is 0. The molecule has 1 rings (SSSR count). The Labute approximate surface area is 398 Å². The first-order valence-electron chi connectivity index (χ1n) is 27.4. The first-order valence-corrected chi connectivity index (χ1v) is 28.8. The van der Waals surface area contributed by atoms with E-state index < -0.39 is 59.9 Å². The molecule has 13 heteroatoms. The summed E-state index contributed by atoms with van der Waals surface area (Å²) in [4.78, 5) is 13.1. The average molecular weight is 950 g/mol. The molecule has 6 N–H and O–H groups in total. The van der Waals surface area contributed by atoms with E-state index in [1.807, 2.05) is 0 Å². The lowest BCUT2D eigenvalue weighted by Crippen LogP contribution is -2.61. The highest BCUT2D eigenvalue weighted by Gasteiger charge is 2.48. The monoisotopic (exact) mass is 950 g/mol. The van der Waals surface area contributed by atoms with Gasteiger partial charge in [-0.1, -0.05) is 251 Å². The molecule has 388 valence electrons. The maximum atomic E-state index is 13.1. The van der Waals surface area contributed by atoms with Crippen LogP contribution in [0.2, 0.25) is 0 Å². The Morgan fingerprint density at radius 1 is 0.554 bits per heavy atom. The van der Waals surface area contributed by atoms with Crippen molar-refractivity contribution in [2.24, 2.45) is 0 Å². The minimum atomic E-state index is -5.08. The molecule has 0 saturated carbocycles. The van der Waals surface area contributed by atoms with E-state index in [0.717, 1.165) is 51.4 Å². The summed E-state index contributed by atoms with van der Waals surface area (Å²) in [6.07, 6.45) is 39.6. The first-order chi connectivity index (χ1) is 31.5. The van der Waals surface area contributed by atoms with Crippen LogP contribution < -0.4 is 5.32 Å². The Hall–Kier alpha value is -0.900. The smallest absolute Gasteiger partial charge is 0.394 e. The van der Waals surface area contributed by atoms with Crippen LogP contribution in [0.5, 0.6) is 0 Å². The van der Waals surface area contributed by atoms with Crippen LogP contribution in [0.15, 0.2) is 0 Å². The van der Waals surface area contributed by atoms with E-state index in [-0.39, 0.29) is 12.5 Å². The number of hydrogen-bond acceptors (Lipinski definition) is 10. The lowest BCUT2D eigenvalue weighted by molar-refractivity contribution is -0.298. The number of ether oxygens (including phenoxy) is 2. The van der Waals surface area contributed by atoms with E-state index >= 15 is 0 Å². The summed E-state index contributed by atoms with van der Waals surface area (Å²) in [5.74, 6) is -0.224. The van der Waals surface area contributed by atoms with Crippen LogP contribution in [-0.2, 0) is 28.9 Å². The highest BCUT2D eigenvalue weighted by atomic mass is 32.3. The van der Waals surface area contributed by atoms with Crippen molar-refractivity contribution in [3.8, 4) is 0 Å². The molecule has 7 unspecified atom stereocenters. The van der Waals surface area contributed by atoms with Gasteiger partial charge in [0.1, 0.15) is 24.4 Å². The van der Waals surface area contributed by atoms with Gasteiger partial charge in [0.05, 0.1) is 25.4 Å². The standard InChI is InChI=1S/C52H103NO11S/c1-3-5-7-9-11-13-15-17-19-21-22-23-24-25-26-27-29-31-33-35-37-39-41-46(55)45(44-62-52-50(58)51(64-65(59,60)61)49(57)47(43-54)63-52)53-48(56)42-40-38-36-34-32-30-28-20-18-16-14-12-10-8-6-4-2/h45-47,49-52,54-55,57-58H,3-44H2,1-2H3,(H,53,56)(H,59,60,61). The van der Waals surface area contributed by atoms with Crippen LogP contribution in [0, 0.1) is 0 Å². The number of aliphatic hydroxyl groups excluding tert-OH is 4. The predicted molar refractivity (Wildman–Crippen MR) is 264 cm³/mol. The molecule has 7 atom stereocenters. The van der Waals surface area contributed by atoms with Crippen LogP contribution in [0.1, 0.15) is 271 Å². The molecule has 0 spiro atoms. The number of carbonyl (C=O) groups excluding carboxylic acids is 1. The van der Waals surface area contributed by atoms with Gasteiger partial charge in [0, 0.05) is 6.42 Å². The largest absolute Gasteiger partial charge is 0.397 e. The van der Waals surface area contributed by atoms with Crippen molar-refractivity contribution in [2.45, 2.75) is 314 Å². The highest BCUT2D eigenvalue weighted by Crippen LogP contribution is 2.26. The van der Waals surface area contributed by atoms with E-state index in [4.69, 9.17) is 9.47 Å². The molecule has 12 nitrogen and oxygen atoms in total. The molecular weight excluding hydrogens is 847 g/mol. The molecule has 1 aliphatic heterocycles. The summed E-state index contributed by atoms with van der Waals surface area (Å²) in [7, 11) is -5.08. The Balaban J connectivity index is 2.37. The first kappa shape index (κ1) is 62.1. The van der Waals surface area contributed by atoms with E-state index in [1.54, 1.807) is 0 Å².